The van der Waals surface area contributed by atoms with Crippen molar-refractivity contribution in [1.82, 2.24) is 15.5 Å². The maximum Gasteiger partial charge on any atom is 0.234 e. The molecule has 0 aliphatic heterocycles. The first-order chi connectivity index (χ1) is 10.6. The molecule has 0 aromatic heterocycles. The predicted molar refractivity (Wildman–Crippen MR) is 85.3 cm³/mol. The van der Waals surface area contributed by atoms with Crippen LogP contribution in [0.2, 0.25) is 0 Å². The van der Waals surface area contributed by atoms with E-state index in [0.29, 0.717) is 19.7 Å². The van der Waals surface area contributed by atoms with Crippen LogP contribution >= 0.6 is 0 Å². The highest BCUT2D eigenvalue weighted by atomic mass is 16.5. The third kappa shape index (κ3) is 8.39. The number of carbonyl (C=O) groups is 2. The van der Waals surface area contributed by atoms with Gasteiger partial charge in [0.25, 0.3) is 0 Å². The molecule has 0 spiro atoms. The average Bonchev–Trinajstić information content (AvgIpc) is 2.50. The first kappa shape index (κ1) is 18.1. The molecule has 0 radical (unpaired) electrons. The fraction of sp³-hybridized carbons (Fsp3) is 0.500. The molecule has 0 saturated carbocycles. The number of amides is 2. The highest BCUT2D eigenvalue weighted by Crippen LogP contribution is 1.97. The number of likely N-dealkylation sites (N-methyl/N-ethyl adjacent to an activating group) is 1. The zero-order chi connectivity index (χ0) is 16.2. The molecule has 1 aromatic rings. The molecule has 1 rings (SSSR count). The van der Waals surface area contributed by atoms with Gasteiger partial charge in [-0.2, -0.15) is 0 Å². The number of nitrogens with one attached hydrogen (secondary N) is 2. The summed E-state index contributed by atoms with van der Waals surface area (Å²) in [7, 11) is 3.38. The maximum atomic E-state index is 11.8. The number of methoxy groups -OCH3 is 1. The molecule has 6 nitrogen and oxygen atoms in total. The highest BCUT2D eigenvalue weighted by Gasteiger charge is 2.10. The Morgan fingerprint density at radius 2 is 1.73 bits per heavy atom. The van der Waals surface area contributed by atoms with Crippen molar-refractivity contribution >= 4 is 11.8 Å². The number of benzene rings is 1. The molecule has 0 aliphatic rings. The number of ether oxygens (including phenoxy) is 1. The molecule has 2 amide bonds. The zero-order valence-electron chi connectivity index (χ0n) is 13.3. The second kappa shape index (κ2) is 10.8. The third-order valence-corrected chi connectivity index (χ3v) is 3.01. The van der Waals surface area contributed by atoms with Crippen LogP contribution < -0.4 is 10.6 Å². The summed E-state index contributed by atoms with van der Waals surface area (Å²) in [5.41, 5.74) is 1.05. The molecule has 0 aliphatic carbocycles. The van der Waals surface area contributed by atoms with E-state index in [4.69, 9.17) is 4.74 Å². The summed E-state index contributed by atoms with van der Waals surface area (Å²) in [6.07, 6.45) is 0.781. The minimum Gasteiger partial charge on any atom is -0.385 e. The Hall–Kier alpha value is -1.92. The van der Waals surface area contributed by atoms with Crippen molar-refractivity contribution in [3.05, 3.63) is 35.9 Å². The smallest absolute Gasteiger partial charge is 0.234 e. The number of hydrogen-bond donors (Lipinski definition) is 2. The second-order valence-corrected chi connectivity index (χ2v) is 5.13. The van der Waals surface area contributed by atoms with Gasteiger partial charge >= 0.3 is 0 Å². The summed E-state index contributed by atoms with van der Waals surface area (Å²) in [6, 6.07) is 9.71. The minimum absolute atomic E-state index is 0.0885. The number of rotatable bonds is 10. The van der Waals surface area contributed by atoms with Gasteiger partial charge in [-0.05, 0) is 19.0 Å². The van der Waals surface area contributed by atoms with Crippen LogP contribution in [-0.4, -0.2) is 57.1 Å². The Kier molecular flexibility index (Phi) is 8.86. The van der Waals surface area contributed by atoms with E-state index in [1.165, 1.54) is 0 Å². The van der Waals surface area contributed by atoms with E-state index >= 15 is 0 Å². The van der Waals surface area contributed by atoms with Crippen LogP contribution in [-0.2, 0) is 20.9 Å². The molecule has 0 bridgehead atoms. The van der Waals surface area contributed by atoms with E-state index in [0.717, 1.165) is 12.0 Å². The van der Waals surface area contributed by atoms with Crippen molar-refractivity contribution in [2.24, 2.45) is 0 Å². The fourth-order valence-corrected chi connectivity index (χ4v) is 1.90. The average molecular weight is 307 g/mol. The molecular formula is C16H25N3O3. The normalized spacial score (nSPS) is 10.5. The Morgan fingerprint density at radius 1 is 1.09 bits per heavy atom. The van der Waals surface area contributed by atoms with Crippen molar-refractivity contribution in [3.8, 4) is 0 Å². The summed E-state index contributed by atoms with van der Waals surface area (Å²) in [5.74, 6) is -0.187. The number of carbonyl (C=O) groups excluding carboxylic acids is 2. The molecule has 0 saturated heterocycles. The van der Waals surface area contributed by atoms with Gasteiger partial charge in [-0.25, -0.2) is 0 Å². The van der Waals surface area contributed by atoms with Gasteiger partial charge in [0.1, 0.15) is 0 Å². The van der Waals surface area contributed by atoms with Crippen LogP contribution in [0.15, 0.2) is 30.3 Å². The summed E-state index contributed by atoms with van der Waals surface area (Å²) < 4.78 is 4.91. The first-order valence-corrected chi connectivity index (χ1v) is 7.36. The van der Waals surface area contributed by atoms with Gasteiger partial charge in [-0.15, -0.1) is 0 Å². The van der Waals surface area contributed by atoms with Crippen LogP contribution in [0.1, 0.15) is 12.0 Å². The third-order valence-electron chi connectivity index (χ3n) is 3.01. The molecule has 2 N–H and O–H groups in total. The zero-order valence-corrected chi connectivity index (χ0v) is 13.3. The maximum absolute atomic E-state index is 11.8. The van der Waals surface area contributed by atoms with E-state index in [9.17, 15) is 9.59 Å². The molecule has 22 heavy (non-hydrogen) atoms. The fourth-order valence-electron chi connectivity index (χ4n) is 1.90. The predicted octanol–water partition coefficient (Wildman–Crippen LogP) is 0.387. The second-order valence-electron chi connectivity index (χ2n) is 5.13. The Bertz CT molecular complexity index is 451. The van der Waals surface area contributed by atoms with Gasteiger partial charge in [0.05, 0.1) is 13.1 Å². The van der Waals surface area contributed by atoms with Crippen LogP contribution in [0.5, 0.6) is 0 Å². The minimum atomic E-state index is -0.0986. The van der Waals surface area contributed by atoms with E-state index in [1.807, 2.05) is 30.3 Å². The molecular weight excluding hydrogens is 282 g/mol. The van der Waals surface area contributed by atoms with Gasteiger partial charge < -0.3 is 15.4 Å². The van der Waals surface area contributed by atoms with E-state index in [-0.39, 0.29) is 24.9 Å². The summed E-state index contributed by atoms with van der Waals surface area (Å²) in [4.78, 5) is 25.1. The van der Waals surface area contributed by atoms with Crippen molar-refractivity contribution in [2.45, 2.75) is 13.0 Å². The van der Waals surface area contributed by atoms with Gasteiger partial charge in [-0.3, -0.25) is 14.5 Å². The number of nitrogens with zero attached hydrogens (tertiary/aromatic N) is 1. The van der Waals surface area contributed by atoms with Crippen LogP contribution in [0, 0.1) is 0 Å². The SMILES string of the molecule is COCCCNC(=O)CN(C)CC(=O)NCc1ccccc1. The Labute approximate surface area is 131 Å². The largest absolute Gasteiger partial charge is 0.385 e. The van der Waals surface area contributed by atoms with Gasteiger partial charge in [0, 0.05) is 26.8 Å². The lowest BCUT2D eigenvalue weighted by Crippen LogP contribution is -2.41. The van der Waals surface area contributed by atoms with E-state index in [1.54, 1.807) is 19.1 Å². The topological polar surface area (TPSA) is 70.7 Å². The standard InChI is InChI=1S/C16H25N3O3/c1-19(12-15(20)17-9-6-10-22-2)13-16(21)18-11-14-7-4-3-5-8-14/h3-5,7-8H,6,9-13H2,1-2H3,(H,17,20)(H,18,21). The van der Waals surface area contributed by atoms with Crippen LogP contribution in [0.3, 0.4) is 0 Å². The monoisotopic (exact) mass is 307 g/mol. The lowest BCUT2D eigenvalue weighted by molar-refractivity contribution is -0.124. The molecule has 6 heteroatoms. The number of hydrogen-bond acceptors (Lipinski definition) is 4. The Morgan fingerprint density at radius 3 is 2.36 bits per heavy atom. The van der Waals surface area contributed by atoms with Crippen molar-refractivity contribution in [1.29, 1.82) is 0 Å². The first-order valence-electron chi connectivity index (χ1n) is 7.36. The molecule has 0 unspecified atom stereocenters. The van der Waals surface area contributed by atoms with Gasteiger partial charge in [0.15, 0.2) is 0 Å². The van der Waals surface area contributed by atoms with E-state index < -0.39 is 0 Å². The van der Waals surface area contributed by atoms with Crippen molar-refractivity contribution in [3.63, 3.8) is 0 Å². The summed E-state index contributed by atoms with van der Waals surface area (Å²) in [6.45, 7) is 2.10. The Balaban J connectivity index is 2.16. The van der Waals surface area contributed by atoms with Crippen molar-refractivity contribution in [2.75, 3.05) is 40.4 Å². The summed E-state index contributed by atoms with van der Waals surface area (Å²) in [5, 5.41) is 5.62. The van der Waals surface area contributed by atoms with Crippen LogP contribution in [0.25, 0.3) is 0 Å². The van der Waals surface area contributed by atoms with Gasteiger partial charge in [-0.1, -0.05) is 30.3 Å². The lowest BCUT2D eigenvalue weighted by Gasteiger charge is -2.16. The van der Waals surface area contributed by atoms with Crippen LogP contribution in [0.4, 0.5) is 0 Å². The molecule has 0 atom stereocenters. The summed E-state index contributed by atoms with van der Waals surface area (Å²) >= 11 is 0. The highest BCUT2D eigenvalue weighted by molar-refractivity contribution is 5.81. The lowest BCUT2D eigenvalue weighted by atomic mass is 10.2. The molecule has 0 heterocycles. The molecule has 1 aromatic carbocycles. The quantitative estimate of drug-likeness (QED) is 0.613. The van der Waals surface area contributed by atoms with Crippen molar-refractivity contribution < 1.29 is 14.3 Å². The van der Waals surface area contributed by atoms with Gasteiger partial charge in [0.2, 0.25) is 11.8 Å². The van der Waals surface area contributed by atoms with E-state index in [2.05, 4.69) is 10.6 Å². The molecule has 0 fully saturated rings. The molecule has 122 valence electrons.